The number of nitrogens with one attached hydrogen (secondary N) is 1. The van der Waals surface area contributed by atoms with Crippen LogP contribution in [0.2, 0.25) is 0 Å². The van der Waals surface area contributed by atoms with Crippen molar-refractivity contribution >= 4 is 15.7 Å². The summed E-state index contributed by atoms with van der Waals surface area (Å²) in [5, 5.41) is 0. The van der Waals surface area contributed by atoms with Crippen molar-refractivity contribution in [2.45, 2.75) is 31.1 Å². The van der Waals surface area contributed by atoms with Crippen LogP contribution in [0.15, 0.2) is 29.2 Å². The maximum Gasteiger partial charge on any atom is 0.240 e. The zero-order valence-electron chi connectivity index (χ0n) is 12.6. The smallest absolute Gasteiger partial charge is 0.240 e. The maximum absolute atomic E-state index is 12.2. The molecule has 0 spiro atoms. The topological polar surface area (TPSA) is 75.4 Å². The summed E-state index contributed by atoms with van der Waals surface area (Å²) in [7, 11) is -3.47. The van der Waals surface area contributed by atoms with Crippen LogP contribution in [0, 0.1) is 5.92 Å². The Labute approximate surface area is 127 Å². The first-order valence-electron chi connectivity index (χ1n) is 7.55. The van der Waals surface area contributed by atoms with E-state index in [0.717, 1.165) is 19.6 Å². The predicted octanol–water partition coefficient (Wildman–Crippen LogP) is 1.67. The second kappa shape index (κ2) is 7.24. The fourth-order valence-corrected chi connectivity index (χ4v) is 3.88. The van der Waals surface area contributed by atoms with Crippen molar-refractivity contribution in [1.29, 1.82) is 0 Å². The van der Waals surface area contributed by atoms with Gasteiger partial charge in [-0.3, -0.25) is 0 Å². The van der Waals surface area contributed by atoms with Crippen LogP contribution in [-0.2, 0) is 10.0 Å². The van der Waals surface area contributed by atoms with Gasteiger partial charge in [-0.2, -0.15) is 0 Å². The molecule has 0 amide bonds. The van der Waals surface area contributed by atoms with Gasteiger partial charge in [0.25, 0.3) is 0 Å². The van der Waals surface area contributed by atoms with E-state index in [1.54, 1.807) is 18.2 Å². The largest absolute Gasteiger partial charge is 0.399 e. The zero-order valence-corrected chi connectivity index (χ0v) is 13.4. The molecule has 1 heterocycles. The fourth-order valence-electron chi connectivity index (χ4n) is 2.66. The number of rotatable bonds is 6. The number of nitrogens with two attached hydrogens (primary N) is 1. The normalized spacial score (nSPS) is 18.5. The number of likely N-dealkylation sites (tertiary alicyclic amines) is 1. The Morgan fingerprint density at radius 1 is 1.29 bits per heavy atom. The summed E-state index contributed by atoms with van der Waals surface area (Å²) >= 11 is 0. The summed E-state index contributed by atoms with van der Waals surface area (Å²) < 4.78 is 27.1. The monoisotopic (exact) mass is 311 g/mol. The minimum atomic E-state index is -3.47. The lowest BCUT2D eigenvalue weighted by molar-refractivity contribution is 0.201. The minimum absolute atomic E-state index is 0.229. The third-order valence-corrected chi connectivity index (χ3v) is 5.23. The molecule has 1 aliphatic rings. The Morgan fingerprint density at radius 2 is 2.00 bits per heavy atom. The molecule has 1 atom stereocenters. The van der Waals surface area contributed by atoms with Crippen molar-refractivity contribution in [2.24, 2.45) is 5.92 Å². The average Bonchev–Trinajstić information content (AvgIpc) is 2.46. The molecule has 5 nitrogen and oxygen atoms in total. The van der Waals surface area contributed by atoms with Gasteiger partial charge in [-0.15, -0.1) is 0 Å². The highest BCUT2D eigenvalue weighted by Gasteiger charge is 2.17. The van der Waals surface area contributed by atoms with E-state index in [1.807, 2.05) is 0 Å². The van der Waals surface area contributed by atoms with Crippen molar-refractivity contribution in [3.63, 3.8) is 0 Å². The summed E-state index contributed by atoms with van der Waals surface area (Å²) in [5.74, 6) is 0.291. The highest BCUT2D eigenvalue weighted by atomic mass is 32.2. The van der Waals surface area contributed by atoms with Crippen LogP contribution in [0.4, 0.5) is 5.69 Å². The highest BCUT2D eigenvalue weighted by Crippen LogP contribution is 2.14. The molecule has 0 saturated carbocycles. The Morgan fingerprint density at radius 3 is 2.67 bits per heavy atom. The molecule has 1 saturated heterocycles. The van der Waals surface area contributed by atoms with E-state index in [4.69, 9.17) is 5.73 Å². The molecule has 1 aromatic rings. The number of hydrogen-bond donors (Lipinski definition) is 2. The van der Waals surface area contributed by atoms with E-state index in [0.29, 0.717) is 18.2 Å². The van der Waals surface area contributed by atoms with Gasteiger partial charge in [0.15, 0.2) is 0 Å². The molecule has 118 valence electrons. The number of anilines is 1. The molecule has 0 bridgehead atoms. The lowest BCUT2D eigenvalue weighted by atomic mass is 10.1. The van der Waals surface area contributed by atoms with Crippen molar-refractivity contribution in [1.82, 2.24) is 9.62 Å². The Balaban J connectivity index is 1.86. The van der Waals surface area contributed by atoms with Gasteiger partial charge in [0, 0.05) is 18.8 Å². The first-order chi connectivity index (χ1) is 9.97. The van der Waals surface area contributed by atoms with Crippen LogP contribution in [0.5, 0.6) is 0 Å². The molecule has 2 rings (SSSR count). The summed E-state index contributed by atoms with van der Waals surface area (Å²) in [5.41, 5.74) is 6.09. The molecule has 0 aliphatic carbocycles. The van der Waals surface area contributed by atoms with Crippen LogP contribution in [0.25, 0.3) is 0 Å². The summed E-state index contributed by atoms with van der Waals surface area (Å²) in [4.78, 5) is 2.65. The molecule has 1 aliphatic heterocycles. The van der Waals surface area contributed by atoms with E-state index >= 15 is 0 Å². The summed E-state index contributed by atoms with van der Waals surface area (Å²) in [6, 6.07) is 6.38. The number of benzene rings is 1. The Bertz CT molecular complexity index is 554. The van der Waals surface area contributed by atoms with Gasteiger partial charge in [0.1, 0.15) is 0 Å². The summed E-state index contributed by atoms with van der Waals surface area (Å²) in [6.45, 7) is 5.74. The average molecular weight is 311 g/mol. The number of piperidine rings is 1. The van der Waals surface area contributed by atoms with Gasteiger partial charge in [-0.25, -0.2) is 13.1 Å². The van der Waals surface area contributed by atoms with Gasteiger partial charge in [-0.05, 0) is 50.0 Å². The van der Waals surface area contributed by atoms with Crippen LogP contribution in [-0.4, -0.2) is 39.5 Å². The maximum atomic E-state index is 12.2. The van der Waals surface area contributed by atoms with Crippen LogP contribution >= 0.6 is 0 Å². The first kappa shape index (κ1) is 16.3. The molecule has 21 heavy (non-hydrogen) atoms. The lowest BCUT2D eigenvalue weighted by Crippen LogP contribution is -2.38. The second-order valence-electron chi connectivity index (χ2n) is 5.89. The third-order valence-electron chi connectivity index (χ3n) is 3.81. The van der Waals surface area contributed by atoms with Crippen molar-refractivity contribution in [3.8, 4) is 0 Å². The van der Waals surface area contributed by atoms with E-state index in [2.05, 4.69) is 16.5 Å². The van der Waals surface area contributed by atoms with Crippen LogP contribution < -0.4 is 10.5 Å². The van der Waals surface area contributed by atoms with Gasteiger partial charge in [-0.1, -0.05) is 19.4 Å². The zero-order chi connectivity index (χ0) is 15.3. The molecule has 1 unspecified atom stereocenters. The molecule has 1 aromatic carbocycles. The van der Waals surface area contributed by atoms with E-state index < -0.39 is 10.0 Å². The van der Waals surface area contributed by atoms with E-state index in [-0.39, 0.29) is 4.90 Å². The standard InChI is InChI=1S/C15H25N3O2S/c1-13(12-18-8-3-2-4-9-18)11-17-21(19,20)15-7-5-6-14(16)10-15/h5-7,10,13,17H,2-4,8-9,11-12,16H2,1H3. The van der Waals surface area contributed by atoms with Crippen molar-refractivity contribution in [3.05, 3.63) is 24.3 Å². The molecule has 3 N–H and O–H groups in total. The van der Waals surface area contributed by atoms with E-state index in [1.165, 1.54) is 25.3 Å². The molecule has 0 radical (unpaired) electrons. The number of hydrogen-bond acceptors (Lipinski definition) is 4. The fraction of sp³-hybridized carbons (Fsp3) is 0.600. The van der Waals surface area contributed by atoms with Crippen molar-refractivity contribution < 1.29 is 8.42 Å². The Hall–Kier alpha value is -1.11. The third kappa shape index (κ3) is 4.98. The molecular formula is C15H25N3O2S. The van der Waals surface area contributed by atoms with Crippen molar-refractivity contribution in [2.75, 3.05) is 31.9 Å². The summed E-state index contributed by atoms with van der Waals surface area (Å²) in [6.07, 6.45) is 3.82. The SMILES string of the molecule is CC(CNS(=O)(=O)c1cccc(N)c1)CN1CCCCC1. The Kier molecular flexibility index (Phi) is 5.61. The minimum Gasteiger partial charge on any atom is -0.399 e. The van der Waals surface area contributed by atoms with E-state index in [9.17, 15) is 8.42 Å². The molecular weight excluding hydrogens is 286 g/mol. The lowest BCUT2D eigenvalue weighted by Gasteiger charge is -2.29. The molecule has 6 heteroatoms. The van der Waals surface area contributed by atoms with Crippen LogP contribution in [0.3, 0.4) is 0 Å². The van der Waals surface area contributed by atoms with Gasteiger partial charge in [0.2, 0.25) is 10.0 Å². The number of nitrogen functional groups attached to an aromatic ring is 1. The van der Waals surface area contributed by atoms with Gasteiger partial charge >= 0.3 is 0 Å². The van der Waals surface area contributed by atoms with Gasteiger partial charge < -0.3 is 10.6 Å². The second-order valence-corrected chi connectivity index (χ2v) is 7.66. The number of nitrogens with zero attached hydrogens (tertiary/aromatic N) is 1. The number of sulfonamides is 1. The quantitative estimate of drug-likeness (QED) is 0.784. The first-order valence-corrected chi connectivity index (χ1v) is 9.03. The predicted molar refractivity (Wildman–Crippen MR) is 85.5 cm³/mol. The van der Waals surface area contributed by atoms with Gasteiger partial charge in [0.05, 0.1) is 4.90 Å². The van der Waals surface area contributed by atoms with Crippen LogP contribution in [0.1, 0.15) is 26.2 Å². The highest BCUT2D eigenvalue weighted by molar-refractivity contribution is 7.89. The molecule has 0 aromatic heterocycles. The molecule has 1 fully saturated rings.